The third-order valence-corrected chi connectivity index (χ3v) is 6.46. The van der Waals surface area contributed by atoms with Gasteiger partial charge < -0.3 is 23.7 Å². The second-order valence-corrected chi connectivity index (χ2v) is 8.70. The lowest BCUT2D eigenvalue weighted by atomic mass is 9.84. The third-order valence-electron chi connectivity index (χ3n) is 6.46. The van der Waals surface area contributed by atoms with Gasteiger partial charge in [0.05, 0.1) is 45.4 Å². The smallest absolute Gasteiger partial charge is 0.375 e. The summed E-state index contributed by atoms with van der Waals surface area (Å²) in [5.41, 5.74) is 0.560. The van der Waals surface area contributed by atoms with Crippen molar-refractivity contribution >= 4 is 35.0 Å². The number of aliphatic imine (C=N–C) groups is 1. The molecule has 0 saturated heterocycles. The van der Waals surface area contributed by atoms with E-state index in [-0.39, 0.29) is 29.2 Å². The molecule has 0 aromatic heterocycles. The first-order valence-electron chi connectivity index (χ1n) is 12.0. The first-order valence-corrected chi connectivity index (χ1v) is 12.0. The van der Waals surface area contributed by atoms with Crippen molar-refractivity contribution in [2.24, 2.45) is 10.1 Å². The second kappa shape index (κ2) is 9.75. The Morgan fingerprint density at radius 3 is 2.33 bits per heavy atom. The van der Waals surface area contributed by atoms with E-state index in [4.69, 9.17) is 28.8 Å². The Bertz CT molecular complexity index is 1520. The summed E-state index contributed by atoms with van der Waals surface area (Å²) in [6.45, 7) is 3.68. The highest BCUT2D eigenvalue weighted by Crippen LogP contribution is 2.52. The SMILES string of the molecule is CCOC(=O)C1=CN2N=C3C(=C(C(=O)OC)C(C(=O)OC)=Nc4ccc(C)cc43)C2(c2ccc(OC)cc2)O1. The maximum atomic E-state index is 13.5. The van der Waals surface area contributed by atoms with Crippen LogP contribution in [0, 0.1) is 6.92 Å². The number of carbonyl (C=O) groups is 3. The highest BCUT2D eigenvalue weighted by molar-refractivity contribution is 6.52. The Morgan fingerprint density at radius 1 is 0.974 bits per heavy atom. The predicted molar refractivity (Wildman–Crippen MR) is 138 cm³/mol. The molecule has 1 atom stereocenters. The summed E-state index contributed by atoms with van der Waals surface area (Å²) < 4.78 is 27.0. The molecule has 3 aliphatic heterocycles. The van der Waals surface area contributed by atoms with Gasteiger partial charge in [-0.1, -0.05) is 11.6 Å². The minimum absolute atomic E-state index is 0.117. The van der Waals surface area contributed by atoms with Crippen LogP contribution in [0.1, 0.15) is 23.6 Å². The summed E-state index contributed by atoms with van der Waals surface area (Å²) in [4.78, 5) is 43.9. The fraction of sp³-hybridized carbons (Fsp3) is 0.250. The molecule has 0 spiro atoms. The Labute approximate surface area is 224 Å². The Morgan fingerprint density at radius 2 is 1.69 bits per heavy atom. The first-order chi connectivity index (χ1) is 18.8. The quantitative estimate of drug-likeness (QED) is 0.408. The van der Waals surface area contributed by atoms with E-state index in [0.29, 0.717) is 28.3 Å². The van der Waals surface area contributed by atoms with E-state index < -0.39 is 23.6 Å². The maximum absolute atomic E-state index is 13.5. The second-order valence-electron chi connectivity index (χ2n) is 8.70. The molecule has 0 fully saturated rings. The number of nitrogens with zero attached hydrogens (tertiary/aromatic N) is 3. The summed E-state index contributed by atoms with van der Waals surface area (Å²) >= 11 is 0. The van der Waals surface area contributed by atoms with Crippen LogP contribution in [0.25, 0.3) is 0 Å². The number of aryl methyl sites for hydroxylation is 1. The number of hydrogen-bond acceptors (Lipinski definition) is 11. The molecule has 11 heteroatoms. The van der Waals surface area contributed by atoms with Crippen LogP contribution in [0.15, 0.2) is 75.7 Å². The van der Waals surface area contributed by atoms with Gasteiger partial charge in [0, 0.05) is 11.1 Å². The molecule has 39 heavy (non-hydrogen) atoms. The number of benzene rings is 2. The zero-order valence-electron chi connectivity index (χ0n) is 21.9. The molecule has 2 aromatic carbocycles. The number of carbonyl (C=O) groups excluding carboxylic acids is 3. The van der Waals surface area contributed by atoms with Gasteiger partial charge in [-0.15, -0.1) is 0 Å². The van der Waals surface area contributed by atoms with E-state index in [1.165, 1.54) is 32.5 Å². The van der Waals surface area contributed by atoms with Crippen LogP contribution in [-0.4, -0.2) is 62.3 Å². The fourth-order valence-corrected chi connectivity index (χ4v) is 4.72. The molecule has 0 radical (unpaired) electrons. The Balaban J connectivity index is 1.89. The van der Waals surface area contributed by atoms with Crippen LogP contribution in [0.3, 0.4) is 0 Å². The van der Waals surface area contributed by atoms with Gasteiger partial charge in [0.2, 0.25) is 5.76 Å². The number of rotatable bonds is 6. The van der Waals surface area contributed by atoms with Crippen molar-refractivity contribution in [2.45, 2.75) is 19.6 Å². The molecule has 0 amide bonds. The normalized spacial score (nSPS) is 18.9. The van der Waals surface area contributed by atoms with Crippen molar-refractivity contribution in [1.82, 2.24) is 5.01 Å². The molecule has 3 heterocycles. The lowest BCUT2D eigenvalue weighted by Gasteiger charge is -2.33. The number of esters is 3. The molecule has 0 bridgehead atoms. The van der Waals surface area contributed by atoms with E-state index in [1.807, 2.05) is 19.1 Å². The summed E-state index contributed by atoms with van der Waals surface area (Å²) in [7, 11) is 3.91. The van der Waals surface area contributed by atoms with Gasteiger partial charge >= 0.3 is 17.9 Å². The van der Waals surface area contributed by atoms with Gasteiger partial charge in [-0.05, 0) is 50.2 Å². The lowest BCUT2D eigenvalue weighted by Crippen LogP contribution is -2.41. The maximum Gasteiger partial charge on any atom is 0.375 e. The molecule has 3 aliphatic rings. The summed E-state index contributed by atoms with van der Waals surface area (Å²) in [5, 5.41) is 6.23. The minimum Gasteiger partial charge on any atom is -0.497 e. The standard InChI is InChI=1S/C28H25N3O8/c1-6-38-25(32)20-14-31-28(39-20,16-8-10-17(35-3)11-9-16)22-21(26(33)36-4)24(27(34)37-5)29-19-12-7-15(2)13-18(19)23(22)30-31/h7-14H,6H2,1-5H3. The van der Waals surface area contributed by atoms with Gasteiger partial charge in [0.25, 0.3) is 5.72 Å². The number of fused-ring (bicyclic) bond motifs is 5. The molecule has 5 rings (SSSR count). The zero-order chi connectivity index (χ0) is 27.9. The summed E-state index contributed by atoms with van der Waals surface area (Å²) in [6, 6.07) is 12.2. The van der Waals surface area contributed by atoms with Crippen LogP contribution in [0.2, 0.25) is 0 Å². The highest BCUT2D eigenvalue weighted by Gasteiger charge is 2.59. The van der Waals surface area contributed by atoms with Crippen LogP contribution in [0.5, 0.6) is 5.75 Å². The van der Waals surface area contributed by atoms with Gasteiger partial charge in [-0.25, -0.2) is 24.4 Å². The lowest BCUT2D eigenvalue weighted by molar-refractivity contribution is -0.146. The summed E-state index contributed by atoms with van der Waals surface area (Å²) in [6.07, 6.45) is 1.40. The van der Waals surface area contributed by atoms with Crippen LogP contribution in [0.4, 0.5) is 5.69 Å². The number of ether oxygens (including phenoxy) is 5. The van der Waals surface area contributed by atoms with Crippen molar-refractivity contribution in [3.05, 3.63) is 82.3 Å². The van der Waals surface area contributed by atoms with E-state index in [9.17, 15) is 14.4 Å². The highest BCUT2D eigenvalue weighted by atomic mass is 16.6. The monoisotopic (exact) mass is 531 g/mol. The molecule has 2 aromatic rings. The average Bonchev–Trinajstić information content (AvgIpc) is 3.43. The van der Waals surface area contributed by atoms with Crippen molar-refractivity contribution < 1.29 is 38.1 Å². The molecule has 1 unspecified atom stereocenters. The van der Waals surface area contributed by atoms with Gasteiger partial charge in [-0.3, -0.25) is 0 Å². The van der Waals surface area contributed by atoms with E-state index >= 15 is 0 Å². The van der Waals surface area contributed by atoms with Crippen molar-refractivity contribution in [2.75, 3.05) is 27.9 Å². The predicted octanol–water partition coefficient (Wildman–Crippen LogP) is 3.04. The van der Waals surface area contributed by atoms with Crippen LogP contribution < -0.4 is 4.74 Å². The Hall–Kier alpha value is -4.93. The third kappa shape index (κ3) is 3.94. The van der Waals surface area contributed by atoms with E-state index in [1.54, 1.807) is 37.3 Å². The fourth-order valence-electron chi connectivity index (χ4n) is 4.72. The molecule has 11 nitrogen and oxygen atoms in total. The van der Waals surface area contributed by atoms with Crippen molar-refractivity contribution in [3.8, 4) is 5.75 Å². The van der Waals surface area contributed by atoms with E-state index in [0.717, 1.165) is 5.56 Å². The van der Waals surface area contributed by atoms with Gasteiger partial charge in [0.15, 0.2) is 5.71 Å². The Kier molecular flexibility index (Phi) is 6.43. The van der Waals surface area contributed by atoms with Crippen molar-refractivity contribution in [1.29, 1.82) is 0 Å². The molecular weight excluding hydrogens is 506 g/mol. The molecule has 200 valence electrons. The molecule has 0 N–H and O–H groups in total. The number of hydrazone groups is 1. The van der Waals surface area contributed by atoms with Gasteiger partial charge in [-0.2, -0.15) is 5.10 Å². The average molecular weight is 532 g/mol. The minimum atomic E-state index is -1.70. The first kappa shape index (κ1) is 25.7. The largest absolute Gasteiger partial charge is 0.497 e. The number of hydrogen-bond donors (Lipinski definition) is 0. The molecule has 0 aliphatic carbocycles. The zero-order valence-corrected chi connectivity index (χ0v) is 21.9. The topological polar surface area (TPSA) is 125 Å². The summed E-state index contributed by atoms with van der Waals surface area (Å²) in [5.74, 6) is -2.02. The molecule has 0 saturated carbocycles. The van der Waals surface area contributed by atoms with Crippen LogP contribution >= 0.6 is 0 Å². The molecular formula is C28H25N3O8. The van der Waals surface area contributed by atoms with Crippen molar-refractivity contribution in [3.63, 3.8) is 0 Å². The van der Waals surface area contributed by atoms with Crippen LogP contribution in [-0.2, 0) is 39.1 Å². The van der Waals surface area contributed by atoms with Gasteiger partial charge in [0.1, 0.15) is 17.0 Å². The van der Waals surface area contributed by atoms with E-state index in [2.05, 4.69) is 4.99 Å². The number of methoxy groups -OCH3 is 3.